The number of rotatable bonds is 8. The Morgan fingerprint density at radius 3 is 2.57 bits per heavy atom. The van der Waals surface area contributed by atoms with Crippen LogP contribution < -0.4 is 15.1 Å². The Labute approximate surface area is 204 Å². The average Bonchev–Trinajstić information content (AvgIpc) is 3.18. The third kappa shape index (κ3) is 4.32. The summed E-state index contributed by atoms with van der Waals surface area (Å²) in [5, 5.41) is 0.469. The normalized spacial score (nSPS) is 15.0. The van der Waals surface area contributed by atoms with Gasteiger partial charge in [-0.05, 0) is 55.3 Å². The summed E-state index contributed by atoms with van der Waals surface area (Å²) in [7, 11) is 0. The third-order valence-electron chi connectivity index (χ3n) is 6.38. The molecule has 1 amide bonds. The van der Waals surface area contributed by atoms with Crippen LogP contribution in [0.5, 0.6) is 5.75 Å². The van der Waals surface area contributed by atoms with Crippen LogP contribution in [-0.2, 0) is 0 Å². The lowest BCUT2D eigenvalue weighted by Gasteiger charge is -2.24. The second kappa shape index (κ2) is 9.74. The van der Waals surface area contributed by atoms with Gasteiger partial charge in [0.05, 0.1) is 23.6 Å². The van der Waals surface area contributed by atoms with E-state index in [4.69, 9.17) is 9.15 Å². The van der Waals surface area contributed by atoms with Crippen LogP contribution in [0, 0.1) is 6.92 Å². The molecule has 0 saturated heterocycles. The fourth-order valence-electron chi connectivity index (χ4n) is 4.60. The SMILES string of the molecule is CCCCCCOc1ccc(C2c3c(oc4ccc(C)cc4c3=O)C(=O)N2c2ccccn2)cc1. The summed E-state index contributed by atoms with van der Waals surface area (Å²) in [5.41, 5.74) is 2.29. The number of aromatic nitrogens is 1. The molecule has 0 spiro atoms. The summed E-state index contributed by atoms with van der Waals surface area (Å²) in [6, 6.07) is 17.7. The van der Waals surface area contributed by atoms with Crippen molar-refractivity contribution in [2.75, 3.05) is 11.5 Å². The number of hydrogen-bond acceptors (Lipinski definition) is 5. The van der Waals surface area contributed by atoms with Crippen molar-refractivity contribution in [2.45, 2.75) is 45.6 Å². The van der Waals surface area contributed by atoms with E-state index < -0.39 is 6.04 Å². The van der Waals surface area contributed by atoms with Crippen LogP contribution in [-0.4, -0.2) is 17.5 Å². The van der Waals surface area contributed by atoms with Crippen LogP contribution in [0.25, 0.3) is 11.0 Å². The molecule has 1 atom stereocenters. The smallest absolute Gasteiger partial charge is 0.296 e. The predicted octanol–water partition coefficient (Wildman–Crippen LogP) is 6.21. The molecule has 0 aliphatic carbocycles. The van der Waals surface area contributed by atoms with Crippen LogP contribution >= 0.6 is 0 Å². The number of anilines is 1. The van der Waals surface area contributed by atoms with Gasteiger partial charge < -0.3 is 9.15 Å². The van der Waals surface area contributed by atoms with Gasteiger partial charge in [-0.1, -0.05) is 56.0 Å². The fraction of sp³-hybridized carbons (Fsp3) is 0.276. The van der Waals surface area contributed by atoms with Gasteiger partial charge in [0.15, 0.2) is 5.43 Å². The summed E-state index contributed by atoms with van der Waals surface area (Å²) in [6.07, 6.45) is 6.19. The number of hydrogen-bond donors (Lipinski definition) is 0. The number of carbonyl (C=O) groups is 1. The van der Waals surface area contributed by atoms with Crippen molar-refractivity contribution < 1.29 is 13.9 Å². The zero-order chi connectivity index (χ0) is 24.4. The van der Waals surface area contributed by atoms with Crippen molar-refractivity contribution >= 4 is 22.7 Å². The number of unbranched alkanes of at least 4 members (excludes halogenated alkanes) is 3. The molecular formula is C29H28N2O4. The van der Waals surface area contributed by atoms with Crippen LogP contribution in [0.15, 0.2) is 76.1 Å². The van der Waals surface area contributed by atoms with Crippen LogP contribution in [0.3, 0.4) is 0 Å². The molecular weight excluding hydrogens is 440 g/mol. The van der Waals surface area contributed by atoms with Gasteiger partial charge >= 0.3 is 0 Å². The number of carbonyl (C=O) groups excluding carboxylic acids is 1. The topological polar surface area (TPSA) is 72.6 Å². The summed E-state index contributed by atoms with van der Waals surface area (Å²) < 4.78 is 11.9. The highest BCUT2D eigenvalue weighted by Gasteiger charge is 2.44. The molecule has 3 heterocycles. The first-order valence-electron chi connectivity index (χ1n) is 12.1. The molecule has 0 bridgehead atoms. The number of amides is 1. The summed E-state index contributed by atoms with van der Waals surface area (Å²) >= 11 is 0. The Hall–Kier alpha value is -3.93. The molecule has 1 unspecified atom stereocenters. The molecule has 0 fully saturated rings. The van der Waals surface area contributed by atoms with Gasteiger partial charge in [0.25, 0.3) is 5.91 Å². The van der Waals surface area contributed by atoms with E-state index in [1.54, 1.807) is 29.3 Å². The Morgan fingerprint density at radius 2 is 1.83 bits per heavy atom. The van der Waals surface area contributed by atoms with Crippen molar-refractivity contribution in [3.63, 3.8) is 0 Å². The van der Waals surface area contributed by atoms with Crippen LogP contribution in [0.2, 0.25) is 0 Å². The fourth-order valence-corrected chi connectivity index (χ4v) is 4.60. The highest BCUT2D eigenvalue weighted by atomic mass is 16.5. The van der Waals surface area contributed by atoms with Gasteiger partial charge in [-0.25, -0.2) is 4.98 Å². The maximum absolute atomic E-state index is 13.7. The summed E-state index contributed by atoms with van der Waals surface area (Å²) in [6.45, 7) is 4.78. The molecule has 0 radical (unpaired) electrons. The number of ether oxygens (including phenoxy) is 1. The molecule has 0 N–H and O–H groups in total. The molecule has 6 heteroatoms. The first kappa shape index (κ1) is 22.8. The molecule has 5 rings (SSSR count). The molecule has 4 aromatic rings. The lowest BCUT2D eigenvalue weighted by molar-refractivity contribution is 0.0970. The molecule has 6 nitrogen and oxygen atoms in total. The first-order valence-corrected chi connectivity index (χ1v) is 12.1. The molecule has 178 valence electrons. The van der Waals surface area contributed by atoms with Crippen molar-refractivity contribution in [3.05, 3.63) is 99.5 Å². The van der Waals surface area contributed by atoms with Crippen LogP contribution in [0.1, 0.15) is 65.9 Å². The van der Waals surface area contributed by atoms with Crippen molar-refractivity contribution in [1.29, 1.82) is 0 Å². The Morgan fingerprint density at radius 1 is 1.00 bits per heavy atom. The Balaban J connectivity index is 1.56. The van der Waals surface area contributed by atoms with Crippen molar-refractivity contribution in [2.24, 2.45) is 0 Å². The Kier molecular flexibility index (Phi) is 6.36. The molecule has 0 saturated carbocycles. The summed E-state index contributed by atoms with van der Waals surface area (Å²) in [5.74, 6) is 0.919. The molecule has 35 heavy (non-hydrogen) atoms. The third-order valence-corrected chi connectivity index (χ3v) is 6.38. The van der Waals surface area contributed by atoms with Gasteiger partial charge in [0.2, 0.25) is 5.76 Å². The lowest BCUT2D eigenvalue weighted by Crippen LogP contribution is -2.30. The van der Waals surface area contributed by atoms with Gasteiger partial charge in [0.1, 0.15) is 17.2 Å². The monoisotopic (exact) mass is 468 g/mol. The zero-order valence-electron chi connectivity index (χ0n) is 20.0. The quantitative estimate of drug-likeness (QED) is 0.288. The molecule has 2 aromatic carbocycles. The van der Waals surface area contributed by atoms with E-state index in [0.717, 1.165) is 29.7 Å². The summed E-state index contributed by atoms with van der Waals surface area (Å²) in [4.78, 5) is 33.2. The van der Waals surface area contributed by atoms with Gasteiger partial charge in [-0.15, -0.1) is 0 Å². The van der Waals surface area contributed by atoms with Crippen molar-refractivity contribution in [3.8, 4) is 5.75 Å². The number of aryl methyl sites for hydroxylation is 1. The predicted molar refractivity (Wildman–Crippen MR) is 136 cm³/mol. The number of nitrogens with zero attached hydrogens (tertiary/aromatic N) is 2. The second-order valence-electron chi connectivity index (χ2n) is 8.92. The van der Waals surface area contributed by atoms with E-state index in [2.05, 4.69) is 11.9 Å². The Bertz CT molecular complexity index is 1410. The van der Waals surface area contributed by atoms with E-state index in [9.17, 15) is 9.59 Å². The standard InChI is InChI=1S/C29H28N2O4/c1-3-4-5-8-17-34-21-13-11-20(12-14-21)26-25-27(32)22-18-19(2)10-15-23(22)35-28(25)29(33)31(26)24-9-6-7-16-30-24/h6-7,9-16,18,26H,3-5,8,17H2,1-2H3. The van der Waals surface area contributed by atoms with Gasteiger partial charge in [-0.2, -0.15) is 0 Å². The highest BCUT2D eigenvalue weighted by Crippen LogP contribution is 2.40. The van der Waals surface area contributed by atoms with E-state index in [0.29, 0.717) is 29.0 Å². The van der Waals surface area contributed by atoms with Crippen LogP contribution in [0.4, 0.5) is 5.82 Å². The minimum Gasteiger partial charge on any atom is -0.494 e. The molecule has 2 aromatic heterocycles. The maximum atomic E-state index is 13.7. The molecule has 1 aliphatic rings. The maximum Gasteiger partial charge on any atom is 0.296 e. The van der Waals surface area contributed by atoms with Gasteiger partial charge in [0, 0.05) is 6.20 Å². The van der Waals surface area contributed by atoms with E-state index in [1.165, 1.54) is 12.8 Å². The number of pyridine rings is 1. The van der Waals surface area contributed by atoms with Crippen molar-refractivity contribution in [1.82, 2.24) is 4.98 Å². The first-order chi connectivity index (χ1) is 17.1. The molecule has 1 aliphatic heterocycles. The van der Waals surface area contributed by atoms with Gasteiger partial charge in [-0.3, -0.25) is 14.5 Å². The highest BCUT2D eigenvalue weighted by molar-refractivity contribution is 6.10. The largest absolute Gasteiger partial charge is 0.494 e. The van der Waals surface area contributed by atoms with E-state index in [-0.39, 0.29) is 17.1 Å². The second-order valence-corrected chi connectivity index (χ2v) is 8.92. The minimum atomic E-state index is -0.646. The minimum absolute atomic E-state index is 0.0678. The lowest BCUT2D eigenvalue weighted by atomic mass is 9.98. The number of benzene rings is 2. The van der Waals surface area contributed by atoms with E-state index >= 15 is 0 Å². The zero-order valence-corrected chi connectivity index (χ0v) is 20.0. The number of fused-ring (bicyclic) bond motifs is 2. The average molecular weight is 469 g/mol. The van der Waals surface area contributed by atoms with E-state index in [1.807, 2.05) is 49.4 Å².